The lowest BCUT2D eigenvalue weighted by atomic mass is 10.1. The molecule has 1 aromatic carbocycles. The fraction of sp³-hybridized carbons (Fsp3) is 0.667. The highest BCUT2D eigenvalue weighted by atomic mass is 32.2. The molecule has 1 aromatic rings. The smallest absolute Gasteiger partial charge is 0.266 e. The van der Waals surface area contributed by atoms with Gasteiger partial charge in [0.2, 0.25) is 0 Å². The summed E-state index contributed by atoms with van der Waals surface area (Å²) in [5, 5.41) is 0. The average molecular weight is 327 g/mol. The van der Waals surface area contributed by atoms with Crippen LogP contribution in [0.25, 0.3) is 0 Å². The van der Waals surface area contributed by atoms with Crippen molar-refractivity contribution in [1.29, 1.82) is 0 Å². The minimum absolute atomic E-state index is 0.268. The first-order valence-electron chi connectivity index (χ1n) is 8.59. The largest absolute Gasteiger partial charge is 0.297 e. The first-order chi connectivity index (χ1) is 10.6. The van der Waals surface area contributed by atoms with Gasteiger partial charge in [-0.15, -0.1) is 0 Å². The van der Waals surface area contributed by atoms with Crippen molar-refractivity contribution in [2.24, 2.45) is 0 Å². The van der Waals surface area contributed by atoms with Gasteiger partial charge in [-0.1, -0.05) is 70.6 Å². The maximum Gasteiger partial charge on any atom is 0.297 e. The summed E-state index contributed by atoms with van der Waals surface area (Å²) in [6, 6.07) is 7.23. The van der Waals surface area contributed by atoms with Gasteiger partial charge in [0.25, 0.3) is 10.1 Å². The van der Waals surface area contributed by atoms with Crippen LogP contribution in [0.2, 0.25) is 0 Å². The molecule has 0 N–H and O–H groups in total. The van der Waals surface area contributed by atoms with E-state index in [0.717, 1.165) is 37.7 Å². The van der Waals surface area contributed by atoms with Gasteiger partial charge in [-0.3, -0.25) is 4.18 Å². The zero-order valence-corrected chi connectivity index (χ0v) is 14.8. The second kappa shape index (κ2) is 10.8. The molecule has 0 radical (unpaired) electrons. The molecule has 3 nitrogen and oxygen atoms in total. The Hall–Kier alpha value is -0.870. The van der Waals surface area contributed by atoms with E-state index >= 15 is 0 Å². The number of hydrogen-bond donors (Lipinski definition) is 0. The highest BCUT2D eigenvalue weighted by Crippen LogP contribution is 2.20. The number of unbranched alkanes of at least 4 members (excludes halogenated alkanes) is 6. The van der Waals surface area contributed by atoms with E-state index in [2.05, 4.69) is 6.92 Å². The van der Waals surface area contributed by atoms with Gasteiger partial charge in [-0.05, 0) is 30.9 Å². The van der Waals surface area contributed by atoms with Gasteiger partial charge in [-0.2, -0.15) is 8.42 Å². The summed E-state index contributed by atoms with van der Waals surface area (Å²) < 4.78 is 29.7. The van der Waals surface area contributed by atoms with Crippen LogP contribution in [0.3, 0.4) is 0 Å². The molecule has 0 aliphatic heterocycles. The quantitative estimate of drug-likeness (QED) is 0.397. The molecule has 0 atom stereocenters. The number of aryl methyl sites for hydroxylation is 1. The van der Waals surface area contributed by atoms with Gasteiger partial charge in [0.15, 0.2) is 0 Å². The Morgan fingerprint density at radius 2 is 1.50 bits per heavy atom. The highest BCUT2D eigenvalue weighted by Gasteiger charge is 2.18. The van der Waals surface area contributed by atoms with Crippen molar-refractivity contribution in [3.63, 3.8) is 0 Å². The van der Waals surface area contributed by atoms with Crippen LogP contribution in [0.1, 0.15) is 70.8 Å². The SMILES string of the molecule is CCCCCCCCc1ccccc1S(=O)(=O)OCCCC. The molecule has 0 heterocycles. The third-order valence-electron chi connectivity index (χ3n) is 3.78. The third kappa shape index (κ3) is 6.93. The zero-order valence-electron chi connectivity index (χ0n) is 14.0. The van der Waals surface area contributed by atoms with Gasteiger partial charge >= 0.3 is 0 Å². The molecule has 4 heteroatoms. The molecule has 0 amide bonds. The normalized spacial score (nSPS) is 11.7. The Labute approximate surface area is 136 Å². The predicted octanol–water partition coefficient (Wildman–Crippen LogP) is 5.10. The molecule has 0 saturated heterocycles. The van der Waals surface area contributed by atoms with E-state index < -0.39 is 10.1 Å². The summed E-state index contributed by atoms with van der Waals surface area (Å²) in [4.78, 5) is 0.347. The number of benzene rings is 1. The minimum Gasteiger partial charge on any atom is -0.266 e. The fourth-order valence-electron chi connectivity index (χ4n) is 2.43. The maximum absolute atomic E-state index is 12.3. The van der Waals surface area contributed by atoms with E-state index in [1.165, 1.54) is 25.7 Å². The first-order valence-corrected chi connectivity index (χ1v) is 10.00. The molecule has 22 heavy (non-hydrogen) atoms. The Morgan fingerprint density at radius 1 is 0.864 bits per heavy atom. The summed E-state index contributed by atoms with van der Waals surface area (Å²) in [5.74, 6) is 0. The second-order valence-electron chi connectivity index (χ2n) is 5.76. The van der Waals surface area contributed by atoms with Crippen molar-refractivity contribution in [3.05, 3.63) is 29.8 Å². The van der Waals surface area contributed by atoms with Crippen LogP contribution in [0.5, 0.6) is 0 Å². The summed E-state index contributed by atoms with van der Waals surface area (Å²) in [6.07, 6.45) is 9.72. The first kappa shape index (κ1) is 19.2. The molecular formula is C18H30O3S. The number of rotatable bonds is 12. The van der Waals surface area contributed by atoms with Crippen molar-refractivity contribution in [2.75, 3.05) is 6.61 Å². The third-order valence-corrected chi connectivity index (χ3v) is 5.19. The summed E-state index contributed by atoms with van der Waals surface area (Å²) >= 11 is 0. The summed E-state index contributed by atoms with van der Waals surface area (Å²) in [5.41, 5.74) is 0.884. The van der Waals surface area contributed by atoms with E-state index in [1.807, 2.05) is 19.1 Å². The minimum atomic E-state index is -3.61. The van der Waals surface area contributed by atoms with Gasteiger partial charge in [0.05, 0.1) is 11.5 Å². The molecular weight excluding hydrogens is 296 g/mol. The summed E-state index contributed by atoms with van der Waals surface area (Å²) in [6.45, 7) is 4.49. The predicted molar refractivity (Wildman–Crippen MR) is 91.6 cm³/mol. The Morgan fingerprint density at radius 3 is 2.23 bits per heavy atom. The van der Waals surface area contributed by atoms with Crippen LogP contribution in [0.15, 0.2) is 29.2 Å². The molecule has 0 spiro atoms. The van der Waals surface area contributed by atoms with Crippen molar-refractivity contribution in [2.45, 2.75) is 76.5 Å². The van der Waals surface area contributed by atoms with Crippen molar-refractivity contribution in [3.8, 4) is 0 Å². The van der Waals surface area contributed by atoms with E-state index in [4.69, 9.17) is 4.18 Å². The van der Waals surface area contributed by atoms with Crippen LogP contribution in [-0.2, 0) is 20.7 Å². The van der Waals surface area contributed by atoms with Crippen LogP contribution in [-0.4, -0.2) is 15.0 Å². The van der Waals surface area contributed by atoms with E-state index in [1.54, 1.807) is 12.1 Å². The van der Waals surface area contributed by atoms with E-state index in [9.17, 15) is 8.42 Å². The monoisotopic (exact) mass is 326 g/mol. The van der Waals surface area contributed by atoms with Gasteiger partial charge in [0, 0.05) is 0 Å². The second-order valence-corrected chi connectivity index (χ2v) is 7.34. The number of hydrogen-bond acceptors (Lipinski definition) is 3. The lowest BCUT2D eigenvalue weighted by Crippen LogP contribution is -2.10. The van der Waals surface area contributed by atoms with Crippen LogP contribution in [0, 0.1) is 0 Å². The highest BCUT2D eigenvalue weighted by molar-refractivity contribution is 7.86. The molecule has 0 aliphatic rings. The van der Waals surface area contributed by atoms with Crippen molar-refractivity contribution in [1.82, 2.24) is 0 Å². The van der Waals surface area contributed by atoms with Crippen LogP contribution >= 0.6 is 0 Å². The Bertz CT molecular complexity index is 509. The Balaban J connectivity index is 2.57. The molecule has 1 rings (SSSR count). The standard InChI is InChI=1S/C18H30O3S/c1-3-5-7-8-9-10-13-17-14-11-12-15-18(17)22(19,20)21-16-6-4-2/h11-12,14-15H,3-10,13,16H2,1-2H3. The molecule has 0 saturated carbocycles. The van der Waals surface area contributed by atoms with Crippen molar-refractivity contribution >= 4 is 10.1 Å². The fourth-order valence-corrected chi connectivity index (χ4v) is 3.63. The van der Waals surface area contributed by atoms with Gasteiger partial charge < -0.3 is 0 Å². The van der Waals surface area contributed by atoms with Gasteiger partial charge in [0.1, 0.15) is 0 Å². The van der Waals surface area contributed by atoms with Gasteiger partial charge in [-0.25, -0.2) is 0 Å². The lowest BCUT2D eigenvalue weighted by molar-refractivity contribution is 0.310. The van der Waals surface area contributed by atoms with Crippen LogP contribution < -0.4 is 0 Å². The molecule has 0 aliphatic carbocycles. The molecule has 126 valence electrons. The Kier molecular flexibility index (Phi) is 9.41. The lowest BCUT2D eigenvalue weighted by Gasteiger charge is -2.10. The molecule has 0 aromatic heterocycles. The van der Waals surface area contributed by atoms with E-state index in [0.29, 0.717) is 4.90 Å². The van der Waals surface area contributed by atoms with Crippen LogP contribution in [0.4, 0.5) is 0 Å². The van der Waals surface area contributed by atoms with E-state index in [-0.39, 0.29) is 6.61 Å². The zero-order chi connectivity index (χ0) is 16.3. The molecule has 0 fully saturated rings. The van der Waals surface area contributed by atoms with Crippen molar-refractivity contribution < 1.29 is 12.6 Å². The maximum atomic E-state index is 12.3. The summed E-state index contributed by atoms with van der Waals surface area (Å²) in [7, 11) is -3.61. The molecule has 0 bridgehead atoms. The molecule has 0 unspecified atom stereocenters. The topological polar surface area (TPSA) is 43.4 Å². The average Bonchev–Trinajstić information content (AvgIpc) is 2.51.